The summed E-state index contributed by atoms with van der Waals surface area (Å²) in [4.78, 5) is 55.1. The van der Waals surface area contributed by atoms with Gasteiger partial charge in [0.15, 0.2) is 0 Å². The maximum Gasteiger partial charge on any atom is 0.322 e. The highest BCUT2D eigenvalue weighted by Crippen LogP contribution is 1.95. The summed E-state index contributed by atoms with van der Waals surface area (Å²) >= 11 is 0. The average molecular weight is 303 g/mol. The molecule has 0 bridgehead atoms. The Morgan fingerprint density at radius 2 is 1.48 bits per heavy atom. The highest BCUT2D eigenvalue weighted by Gasteiger charge is 2.26. The van der Waals surface area contributed by atoms with Crippen LogP contribution in [0.2, 0.25) is 0 Å². The van der Waals surface area contributed by atoms with Gasteiger partial charge in [-0.3, -0.25) is 24.0 Å². The fourth-order valence-electron chi connectivity index (χ4n) is 1.28. The Morgan fingerprint density at radius 1 is 0.952 bits per heavy atom. The summed E-state index contributed by atoms with van der Waals surface area (Å²) in [7, 11) is 0. The van der Waals surface area contributed by atoms with Crippen LogP contribution in [0.4, 0.5) is 0 Å². The molecule has 0 rings (SSSR count). The molecule has 0 aromatic rings. The second-order valence-electron chi connectivity index (χ2n) is 4.12. The minimum atomic E-state index is -1.40. The van der Waals surface area contributed by atoms with E-state index >= 15 is 0 Å². The number of hydrogen-bond donors (Lipinski definition) is 6. The number of aliphatic carboxylic acids is 1. The van der Waals surface area contributed by atoms with E-state index in [4.69, 9.17) is 22.3 Å². The lowest BCUT2D eigenvalue weighted by Crippen LogP contribution is -2.53. The van der Waals surface area contributed by atoms with Gasteiger partial charge >= 0.3 is 5.97 Å². The van der Waals surface area contributed by atoms with Crippen LogP contribution in [0.5, 0.6) is 0 Å². The SMILES string of the molecule is NC(=O)CC(N)C(=O)NC(CC(N)=O)C(=O)NCC(=O)O. The molecule has 2 unspecified atom stereocenters. The van der Waals surface area contributed by atoms with Crippen molar-refractivity contribution in [1.82, 2.24) is 10.6 Å². The van der Waals surface area contributed by atoms with Crippen LogP contribution < -0.4 is 27.8 Å². The molecule has 0 radical (unpaired) electrons. The van der Waals surface area contributed by atoms with Crippen LogP contribution >= 0.6 is 0 Å². The van der Waals surface area contributed by atoms with E-state index < -0.39 is 61.1 Å². The molecule has 0 aliphatic heterocycles. The van der Waals surface area contributed by atoms with Gasteiger partial charge in [-0.05, 0) is 0 Å². The number of nitrogens with one attached hydrogen (secondary N) is 2. The summed E-state index contributed by atoms with van der Waals surface area (Å²) in [6, 6.07) is -2.70. The number of primary amides is 2. The zero-order valence-corrected chi connectivity index (χ0v) is 11.0. The molecule has 0 aliphatic rings. The van der Waals surface area contributed by atoms with Crippen LogP contribution in [0.1, 0.15) is 12.8 Å². The predicted molar refractivity (Wildman–Crippen MR) is 68.2 cm³/mol. The first-order valence-corrected chi connectivity index (χ1v) is 5.75. The largest absolute Gasteiger partial charge is 0.480 e. The third-order valence-corrected chi connectivity index (χ3v) is 2.21. The van der Waals surface area contributed by atoms with E-state index in [1.165, 1.54) is 0 Å². The summed E-state index contributed by atoms with van der Waals surface area (Å²) in [5.41, 5.74) is 15.2. The molecular weight excluding hydrogens is 286 g/mol. The molecule has 0 aromatic heterocycles. The highest BCUT2D eigenvalue weighted by atomic mass is 16.4. The molecule has 0 spiro atoms. The number of carbonyl (C=O) groups excluding carboxylic acids is 4. The third kappa shape index (κ3) is 8.15. The van der Waals surface area contributed by atoms with Crippen LogP contribution in [-0.2, 0) is 24.0 Å². The van der Waals surface area contributed by atoms with Crippen LogP contribution in [0.15, 0.2) is 0 Å². The van der Waals surface area contributed by atoms with Crippen molar-refractivity contribution < 1.29 is 29.1 Å². The van der Waals surface area contributed by atoms with Gasteiger partial charge in [0, 0.05) is 0 Å². The Kier molecular flexibility index (Phi) is 7.39. The van der Waals surface area contributed by atoms with Crippen molar-refractivity contribution in [3.8, 4) is 0 Å². The van der Waals surface area contributed by atoms with Crippen molar-refractivity contribution in [3.05, 3.63) is 0 Å². The first kappa shape index (κ1) is 18.3. The number of carbonyl (C=O) groups is 5. The van der Waals surface area contributed by atoms with Gasteiger partial charge in [-0.1, -0.05) is 0 Å². The van der Waals surface area contributed by atoms with E-state index in [-0.39, 0.29) is 0 Å². The molecule has 21 heavy (non-hydrogen) atoms. The van der Waals surface area contributed by atoms with E-state index in [9.17, 15) is 24.0 Å². The predicted octanol–water partition coefficient (Wildman–Crippen LogP) is -4.25. The second-order valence-corrected chi connectivity index (χ2v) is 4.12. The van der Waals surface area contributed by atoms with E-state index in [2.05, 4.69) is 5.32 Å². The highest BCUT2D eigenvalue weighted by molar-refractivity contribution is 5.95. The summed E-state index contributed by atoms with van der Waals surface area (Å²) in [6.07, 6.45) is -1.01. The van der Waals surface area contributed by atoms with Gasteiger partial charge in [0.05, 0.1) is 18.9 Å². The molecule has 0 aliphatic carbocycles. The molecule has 118 valence electrons. The molecule has 4 amide bonds. The van der Waals surface area contributed by atoms with Crippen molar-refractivity contribution in [1.29, 1.82) is 0 Å². The quantitative estimate of drug-likeness (QED) is 0.247. The molecule has 11 nitrogen and oxygen atoms in total. The topological polar surface area (TPSA) is 208 Å². The number of amides is 4. The number of carboxylic acid groups (broad SMARTS) is 1. The molecule has 0 heterocycles. The van der Waals surface area contributed by atoms with E-state index in [0.29, 0.717) is 0 Å². The first-order chi connectivity index (χ1) is 9.63. The van der Waals surface area contributed by atoms with Crippen LogP contribution in [0.25, 0.3) is 0 Å². The number of nitrogens with two attached hydrogens (primary N) is 3. The smallest absolute Gasteiger partial charge is 0.322 e. The van der Waals surface area contributed by atoms with Gasteiger partial charge in [-0.2, -0.15) is 0 Å². The molecule has 0 fully saturated rings. The van der Waals surface area contributed by atoms with Gasteiger partial charge in [0.25, 0.3) is 0 Å². The lowest BCUT2D eigenvalue weighted by atomic mass is 10.1. The lowest BCUT2D eigenvalue weighted by molar-refractivity contribution is -0.138. The second kappa shape index (κ2) is 8.47. The van der Waals surface area contributed by atoms with Gasteiger partial charge in [-0.25, -0.2) is 0 Å². The number of rotatable bonds is 9. The summed E-state index contributed by atoms with van der Waals surface area (Å²) in [6.45, 7) is -0.697. The Bertz CT molecular complexity index is 451. The van der Waals surface area contributed by atoms with Crippen molar-refractivity contribution >= 4 is 29.6 Å². The Labute approximate surface area is 119 Å². The summed E-state index contributed by atoms with van der Waals surface area (Å²) < 4.78 is 0. The zero-order chi connectivity index (χ0) is 16.6. The minimum absolute atomic E-state index is 0.453. The van der Waals surface area contributed by atoms with Crippen LogP contribution in [0.3, 0.4) is 0 Å². The zero-order valence-electron chi connectivity index (χ0n) is 11.0. The fraction of sp³-hybridized carbons (Fsp3) is 0.500. The Hall–Kier alpha value is -2.69. The van der Waals surface area contributed by atoms with E-state index in [1.807, 2.05) is 5.32 Å². The normalized spacial score (nSPS) is 12.8. The van der Waals surface area contributed by atoms with Crippen molar-refractivity contribution in [2.45, 2.75) is 24.9 Å². The average Bonchev–Trinajstić information content (AvgIpc) is 2.33. The molecule has 11 heteroatoms. The number of carboxylic acids is 1. The van der Waals surface area contributed by atoms with Crippen molar-refractivity contribution in [3.63, 3.8) is 0 Å². The third-order valence-electron chi connectivity index (χ3n) is 2.21. The molecule has 0 saturated carbocycles. The maximum absolute atomic E-state index is 11.6. The summed E-state index contributed by atoms with van der Waals surface area (Å²) in [5.74, 6) is -4.84. The molecule has 0 aromatic carbocycles. The monoisotopic (exact) mass is 303 g/mol. The summed E-state index contributed by atoms with van der Waals surface area (Å²) in [5, 5.41) is 12.5. The van der Waals surface area contributed by atoms with Crippen molar-refractivity contribution in [2.75, 3.05) is 6.54 Å². The Balaban J connectivity index is 4.71. The molecule has 2 atom stereocenters. The van der Waals surface area contributed by atoms with Gasteiger partial charge in [0.1, 0.15) is 12.6 Å². The fourth-order valence-corrected chi connectivity index (χ4v) is 1.28. The first-order valence-electron chi connectivity index (χ1n) is 5.75. The van der Waals surface area contributed by atoms with Gasteiger partial charge in [0.2, 0.25) is 23.6 Å². The maximum atomic E-state index is 11.6. The molecule has 9 N–H and O–H groups in total. The lowest BCUT2D eigenvalue weighted by Gasteiger charge is -2.18. The van der Waals surface area contributed by atoms with Crippen LogP contribution in [0, 0.1) is 0 Å². The van der Waals surface area contributed by atoms with Crippen LogP contribution in [-0.4, -0.2) is 53.3 Å². The van der Waals surface area contributed by atoms with Gasteiger partial charge < -0.3 is 32.9 Å². The van der Waals surface area contributed by atoms with Gasteiger partial charge in [-0.15, -0.1) is 0 Å². The van der Waals surface area contributed by atoms with Crippen molar-refractivity contribution in [2.24, 2.45) is 17.2 Å². The van der Waals surface area contributed by atoms with E-state index in [0.717, 1.165) is 0 Å². The minimum Gasteiger partial charge on any atom is -0.480 e. The number of hydrogen-bond acceptors (Lipinski definition) is 6. The standard InChI is InChI=1S/C10H17N5O6/c11-4(1-6(12)16)9(20)15-5(2-7(13)17)10(21)14-3-8(18)19/h4-5H,1-3,11H2,(H2,12,16)(H2,13,17)(H,14,21)(H,15,20)(H,18,19). The Morgan fingerprint density at radius 3 is 1.90 bits per heavy atom. The molecule has 0 saturated heterocycles. The van der Waals surface area contributed by atoms with E-state index in [1.54, 1.807) is 0 Å². The molecular formula is C10H17N5O6.